The number of benzene rings is 2. The molecule has 0 aliphatic carbocycles. The normalized spacial score (nSPS) is 13.1. The van der Waals surface area contributed by atoms with Gasteiger partial charge in [0.25, 0.3) is 5.56 Å². The van der Waals surface area contributed by atoms with Crippen LogP contribution in [0.2, 0.25) is 0 Å². The van der Waals surface area contributed by atoms with E-state index in [1.165, 1.54) is 28.7 Å². The van der Waals surface area contributed by atoms with Crippen LogP contribution >= 0.6 is 23.1 Å². The number of anilines is 1. The summed E-state index contributed by atoms with van der Waals surface area (Å²) >= 11 is 2.71. The number of nitrogens with one attached hydrogen (secondary N) is 1. The summed E-state index contributed by atoms with van der Waals surface area (Å²) in [6, 6.07) is 15.5. The van der Waals surface area contributed by atoms with E-state index >= 15 is 0 Å². The zero-order chi connectivity index (χ0) is 27.0. The summed E-state index contributed by atoms with van der Waals surface area (Å²) in [7, 11) is 0. The lowest BCUT2D eigenvalue weighted by Crippen LogP contribution is -2.34. The van der Waals surface area contributed by atoms with Crippen LogP contribution in [0.4, 0.5) is 5.69 Å². The van der Waals surface area contributed by atoms with Gasteiger partial charge in [0.15, 0.2) is 5.16 Å². The van der Waals surface area contributed by atoms with E-state index in [1.54, 1.807) is 16.4 Å². The molecule has 2 amide bonds. The standard InChI is InChI=1S/C29H30N4O3S2/c1-17(2)20-9-11-21(12-10-20)30-25(35)16-37-29-31-27-26(22-13-14-32(19(4)34)15-24(22)38-27)28(36)33(29)23-8-6-5-7-18(23)3/h5-12,17H,13-16H2,1-4H3,(H,30,35). The van der Waals surface area contributed by atoms with E-state index in [-0.39, 0.29) is 23.1 Å². The van der Waals surface area contributed by atoms with Gasteiger partial charge in [0, 0.05) is 24.0 Å². The molecule has 4 aromatic rings. The minimum atomic E-state index is -0.166. The van der Waals surface area contributed by atoms with Crippen LogP contribution < -0.4 is 10.9 Å². The summed E-state index contributed by atoms with van der Waals surface area (Å²) in [5, 5.41) is 4.04. The molecule has 0 bridgehead atoms. The molecule has 196 valence electrons. The largest absolute Gasteiger partial charge is 0.337 e. The van der Waals surface area contributed by atoms with E-state index in [4.69, 9.17) is 4.98 Å². The van der Waals surface area contributed by atoms with Crippen molar-refractivity contribution in [1.29, 1.82) is 0 Å². The summed E-state index contributed by atoms with van der Waals surface area (Å²) in [5.74, 6) is 0.391. The number of thiophene rings is 1. The van der Waals surface area contributed by atoms with E-state index in [2.05, 4.69) is 19.2 Å². The van der Waals surface area contributed by atoms with Gasteiger partial charge in [-0.15, -0.1) is 11.3 Å². The topological polar surface area (TPSA) is 84.3 Å². The molecule has 9 heteroatoms. The van der Waals surface area contributed by atoms with Crippen LogP contribution in [0, 0.1) is 6.92 Å². The highest BCUT2D eigenvalue weighted by molar-refractivity contribution is 7.99. The zero-order valence-electron chi connectivity index (χ0n) is 21.9. The Kier molecular flexibility index (Phi) is 7.40. The molecule has 2 aromatic carbocycles. The number of carbonyl (C=O) groups is 2. The number of carbonyl (C=O) groups excluding carboxylic acids is 2. The first-order valence-electron chi connectivity index (χ1n) is 12.6. The fourth-order valence-electron chi connectivity index (χ4n) is 4.69. The second-order valence-electron chi connectivity index (χ2n) is 9.81. The van der Waals surface area contributed by atoms with Crippen LogP contribution in [0.5, 0.6) is 0 Å². The monoisotopic (exact) mass is 546 g/mol. The number of aromatic nitrogens is 2. The third-order valence-corrected chi connectivity index (χ3v) is 8.89. The molecule has 5 rings (SSSR count). The Morgan fingerprint density at radius 3 is 2.55 bits per heavy atom. The molecule has 0 unspecified atom stereocenters. The Labute approximate surface area is 229 Å². The Balaban J connectivity index is 1.49. The molecule has 38 heavy (non-hydrogen) atoms. The van der Waals surface area contributed by atoms with Crippen LogP contribution in [0.3, 0.4) is 0 Å². The number of hydrogen-bond donors (Lipinski definition) is 1. The van der Waals surface area contributed by atoms with Crippen molar-refractivity contribution < 1.29 is 9.59 Å². The maximum absolute atomic E-state index is 14.0. The lowest BCUT2D eigenvalue weighted by Gasteiger charge is -2.25. The summed E-state index contributed by atoms with van der Waals surface area (Å²) < 4.78 is 1.64. The molecular formula is C29H30N4O3S2. The molecule has 1 aliphatic heterocycles. The number of amides is 2. The Hall–Kier alpha value is -3.43. The molecule has 1 N–H and O–H groups in total. The average Bonchev–Trinajstić information content (AvgIpc) is 3.26. The van der Waals surface area contributed by atoms with Gasteiger partial charge in [-0.1, -0.05) is 55.9 Å². The second kappa shape index (κ2) is 10.7. The first-order valence-corrected chi connectivity index (χ1v) is 14.4. The van der Waals surface area contributed by atoms with Crippen molar-refractivity contribution in [2.75, 3.05) is 17.6 Å². The van der Waals surface area contributed by atoms with Crippen LogP contribution in [-0.4, -0.2) is 38.6 Å². The highest BCUT2D eigenvalue weighted by Crippen LogP contribution is 2.34. The fourth-order valence-corrected chi connectivity index (χ4v) is 6.78. The Morgan fingerprint density at radius 2 is 1.87 bits per heavy atom. The van der Waals surface area contributed by atoms with Crippen molar-refractivity contribution in [2.45, 2.75) is 51.7 Å². The maximum Gasteiger partial charge on any atom is 0.267 e. The molecule has 0 atom stereocenters. The predicted octanol–water partition coefficient (Wildman–Crippen LogP) is 5.51. The smallest absolute Gasteiger partial charge is 0.267 e. The number of fused-ring (bicyclic) bond motifs is 3. The minimum absolute atomic E-state index is 0.0273. The van der Waals surface area contributed by atoms with Gasteiger partial charge in [-0.3, -0.25) is 19.0 Å². The molecule has 0 radical (unpaired) electrons. The first-order chi connectivity index (χ1) is 18.2. The van der Waals surface area contributed by atoms with Crippen molar-refractivity contribution in [1.82, 2.24) is 14.5 Å². The molecule has 2 aromatic heterocycles. The van der Waals surface area contributed by atoms with Gasteiger partial charge in [-0.05, 0) is 54.2 Å². The van der Waals surface area contributed by atoms with Crippen molar-refractivity contribution in [3.63, 3.8) is 0 Å². The molecule has 1 aliphatic rings. The third-order valence-electron chi connectivity index (χ3n) is 6.84. The van der Waals surface area contributed by atoms with Gasteiger partial charge >= 0.3 is 0 Å². The van der Waals surface area contributed by atoms with Gasteiger partial charge in [0.2, 0.25) is 11.8 Å². The molecule has 0 fully saturated rings. The van der Waals surface area contributed by atoms with E-state index in [1.807, 2.05) is 55.5 Å². The van der Waals surface area contributed by atoms with E-state index in [9.17, 15) is 14.4 Å². The Bertz CT molecular complexity index is 1590. The number of aryl methyl sites for hydroxylation is 1. The van der Waals surface area contributed by atoms with Crippen molar-refractivity contribution in [3.05, 3.63) is 80.5 Å². The molecular weight excluding hydrogens is 516 g/mol. The van der Waals surface area contributed by atoms with Gasteiger partial charge in [-0.25, -0.2) is 4.98 Å². The van der Waals surface area contributed by atoms with Gasteiger partial charge < -0.3 is 10.2 Å². The highest BCUT2D eigenvalue weighted by atomic mass is 32.2. The molecule has 0 saturated carbocycles. The van der Waals surface area contributed by atoms with E-state index in [0.29, 0.717) is 40.8 Å². The van der Waals surface area contributed by atoms with Crippen molar-refractivity contribution in [3.8, 4) is 5.69 Å². The fraction of sp³-hybridized carbons (Fsp3) is 0.310. The first kappa shape index (κ1) is 26.2. The van der Waals surface area contributed by atoms with Gasteiger partial charge in [0.1, 0.15) is 4.83 Å². The molecule has 3 heterocycles. The summed E-state index contributed by atoms with van der Waals surface area (Å²) in [6.07, 6.45) is 0.629. The quantitative estimate of drug-likeness (QED) is 0.255. The molecule has 0 spiro atoms. The highest BCUT2D eigenvalue weighted by Gasteiger charge is 2.27. The predicted molar refractivity (Wildman–Crippen MR) is 155 cm³/mol. The van der Waals surface area contributed by atoms with Crippen molar-refractivity contribution in [2.24, 2.45) is 0 Å². The number of nitrogens with zero attached hydrogens (tertiary/aromatic N) is 3. The SMILES string of the molecule is CC(=O)N1CCc2c(sc3nc(SCC(=O)Nc4ccc(C(C)C)cc4)n(-c4ccccc4C)c(=O)c23)C1. The number of para-hydroxylation sites is 1. The third kappa shape index (κ3) is 5.13. The number of hydrogen-bond acceptors (Lipinski definition) is 6. The molecule has 7 nitrogen and oxygen atoms in total. The van der Waals surface area contributed by atoms with E-state index in [0.717, 1.165) is 27.4 Å². The van der Waals surface area contributed by atoms with Gasteiger partial charge in [-0.2, -0.15) is 0 Å². The summed E-state index contributed by atoms with van der Waals surface area (Å²) in [4.78, 5) is 47.2. The van der Waals surface area contributed by atoms with Crippen LogP contribution in [0.1, 0.15) is 48.3 Å². The van der Waals surface area contributed by atoms with Crippen LogP contribution in [0.15, 0.2) is 58.5 Å². The maximum atomic E-state index is 14.0. The van der Waals surface area contributed by atoms with Crippen LogP contribution in [-0.2, 0) is 22.6 Å². The minimum Gasteiger partial charge on any atom is -0.337 e. The zero-order valence-corrected chi connectivity index (χ0v) is 23.5. The molecule has 0 saturated heterocycles. The second-order valence-corrected chi connectivity index (χ2v) is 11.8. The summed E-state index contributed by atoms with van der Waals surface area (Å²) in [6.45, 7) is 8.88. The average molecular weight is 547 g/mol. The van der Waals surface area contributed by atoms with Crippen LogP contribution in [0.25, 0.3) is 15.9 Å². The Morgan fingerprint density at radius 1 is 1.13 bits per heavy atom. The van der Waals surface area contributed by atoms with Crippen molar-refractivity contribution >= 4 is 50.8 Å². The summed E-state index contributed by atoms with van der Waals surface area (Å²) in [5.41, 5.74) is 4.49. The number of thioether (sulfide) groups is 1. The number of rotatable bonds is 6. The van der Waals surface area contributed by atoms with E-state index < -0.39 is 0 Å². The lowest BCUT2D eigenvalue weighted by molar-refractivity contribution is -0.129. The lowest BCUT2D eigenvalue weighted by atomic mass is 10.0. The van der Waals surface area contributed by atoms with Gasteiger partial charge in [0.05, 0.1) is 23.4 Å².